The lowest BCUT2D eigenvalue weighted by Gasteiger charge is -2.22. The highest BCUT2D eigenvalue weighted by atomic mass is 16.5. The molecule has 27 heavy (non-hydrogen) atoms. The lowest BCUT2D eigenvalue weighted by molar-refractivity contribution is 0.490. The minimum absolute atomic E-state index is 0.712. The van der Waals surface area contributed by atoms with Gasteiger partial charge in [-0.15, -0.1) is 0 Å². The molecule has 1 saturated carbocycles. The van der Waals surface area contributed by atoms with Crippen LogP contribution < -0.4 is 4.74 Å². The van der Waals surface area contributed by atoms with E-state index in [2.05, 4.69) is 55.5 Å². The van der Waals surface area contributed by atoms with Crippen molar-refractivity contribution in [1.82, 2.24) is 4.98 Å². The van der Waals surface area contributed by atoms with Gasteiger partial charge < -0.3 is 4.74 Å². The van der Waals surface area contributed by atoms with Crippen molar-refractivity contribution in [2.75, 3.05) is 0 Å². The molecule has 0 spiro atoms. The fourth-order valence-corrected chi connectivity index (χ4v) is 4.95. The van der Waals surface area contributed by atoms with Crippen LogP contribution in [0.1, 0.15) is 42.7 Å². The Balaban J connectivity index is 1.60. The molecule has 2 aliphatic rings. The number of aryl methyl sites for hydroxylation is 1. The Morgan fingerprint density at radius 3 is 2.74 bits per heavy atom. The minimum Gasteiger partial charge on any atom is -0.454 e. The smallest absolute Gasteiger partial charge is 0.161 e. The highest BCUT2D eigenvalue weighted by molar-refractivity contribution is 6.07. The van der Waals surface area contributed by atoms with Gasteiger partial charge in [-0.3, -0.25) is 4.98 Å². The Hall–Kier alpha value is -2.87. The van der Waals surface area contributed by atoms with Crippen LogP contribution in [-0.2, 0) is 0 Å². The van der Waals surface area contributed by atoms with E-state index in [-0.39, 0.29) is 0 Å². The van der Waals surface area contributed by atoms with Gasteiger partial charge in [0.2, 0.25) is 0 Å². The fraction of sp³-hybridized carbons (Fsp3) is 0.240. The molecule has 2 heterocycles. The van der Waals surface area contributed by atoms with Crippen LogP contribution >= 0.6 is 0 Å². The Bertz CT molecular complexity index is 1220. The van der Waals surface area contributed by atoms with Gasteiger partial charge in [-0.05, 0) is 60.4 Å². The Morgan fingerprint density at radius 1 is 0.963 bits per heavy atom. The number of fused-ring (bicyclic) bond motifs is 4. The first-order valence-corrected chi connectivity index (χ1v) is 9.92. The van der Waals surface area contributed by atoms with Crippen molar-refractivity contribution in [2.24, 2.45) is 0 Å². The molecule has 1 aliphatic heterocycles. The van der Waals surface area contributed by atoms with E-state index in [0.29, 0.717) is 5.92 Å². The van der Waals surface area contributed by atoms with Gasteiger partial charge in [-0.25, -0.2) is 0 Å². The molecule has 132 valence electrons. The van der Waals surface area contributed by atoms with Gasteiger partial charge in [-0.2, -0.15) is 0 Å². The maximum absolute atomic E-state index is 6.41. The molecule has 2 nitrogen and oxygen atoms in total. The second-order valence-corrected chi connectivity index (χ2v) is 8.03. The average Bonchev–Trinajstić information content (AvgIpc) is 3.22. The number of benzene rings is 3. The van der Waals surface area contributed by atoms with Crippen LogP contribution in [0.5, 0.6) is 11.5 Å². The van der Waals surface area contributed by atoms with Crippen molar-refractivity contribution >= 4 is 21.5 Å². The summed E-state index contributed by atoms with van der Waals surface area (Å²) in [5.74, 6) is 2.55. The highest BCUT2D eigenvalue weighted by Crippen LogP contribution is 2.48. The van der Waals surface area contributed by atoms with Gasteiger partial charge in [0.25, 0.3) is 0 Å². The van der Waals surface area contributed by atoms with Crippen LogP contribution in [-0.4, -0.2) is 4.98 Å². The molecule has 0 atom stereocenters. The zero-order chi connectivity index (χ0) is 18.0. The van der Waals surface area contributed by atoms with E-state index >= 15 is 0 Å². The third-order valence-corrected chi connectivity index (χ3v) is 6.24. The van der Waals surface area contributed by atoms with E-state index in [4.69, 9.17) is 9.72 Å². The van der Waals surface area contributed by atoms with Crippen molar-refractivity contribution in [3.63, 3.8) is 0 Å². The predicted octanol–water partition coefficient (Wildman–Crippen LogP) is 7.13. The maximum atomic E-state index is 6.41. The first-order chi connectivity index (χ1) is 13.3. The van der Waals surface area contributed by atoms with E-state index < -0.39 is 0 Å². The van der Waals surface area contributed by atoms with Crippen LogP contribution in [0.2, 0.25) is 0 Å². The third-order valence-electron chi connectivity index (χ3n) is 6.24. The van der Waals surface area contributed by atoms with Gasteiger partial charge >= 0.3 is 0 Å². The Morgan fingerprint density at radius 2 is 1.85 bits per heavy atom. The van der Waals surface area contributed by atoms with E-state index in [9.17, 15) is 0 Å². The fourth-order valence-electron chi connectivity index (χ4n) is 4.95. The molecule has 2 heteroatoms. The maximum Gasteiger partial charge on any atom is 0.161 e. The zero-order valence-electron chi connectivity index (χ0n) is 15.5. The number of nitrogens with zero attached hydrogens (tertiary/aromatic N) is 1. The summed E-state index contributed by atoms with van der Waals surface area (Å²) in [7, 11) is 0. The van der Waals surface area contributed by atoms with Gasteiger partial charge in [0, 0.05) is 27.9 Å². The molecule has 0 amide bonds. The molecule has 0 N–H and O–H groups in total. The second-order valence-electron chi connectivity index (χ2n) is 8.03. The van der Waals surface area contributed by atoms with Crippen molar-refractivity contribution in [3.8, 4) is 22.8 Å². The number of aromatic nitrogens is 1. The number of rotatable bonds is 1. The lowest BCUT2D eigenvalue weighted by Crippen LogP contribution is -2.01. The average molecular weight is 351 g/mol. The van der Waals surface area contributed by atoms with Gasteiger partial charge in [0.1, 0.15) is 11.4 Å². The van der Waals surface area contributed by atoms with Crippen molar-refractivity contribution in [2.45, 2.75) is 38.5 Å². The molecule has 0 saturated heterocycles. The van der Waals surface area contributed by atoms with E-state index in [0.717, 1.165) is 22.6 Å². The molecule has 1 fully saturated rings. The van der Waals surface area contributed by atoms with E-state index in [1.165, 1.54) is 58.5 Å². The predicted molar refractivity (Wildman–Crippen MR) is 111 cm³/mol. The molecule has 1 aromatic heterocycles. The zero-order valence-corrected chi connectivity index (χ0v) is 15.5. The minimum atomic E-state index is 0.712. The molecular formula is C25H21NO. The summed E-state index contributed by atoms with van der Waals surface area (Å²) in [5, 5.41) is 4.73. The third kappa shape index (κ3) is 2.22. The van der Waals surface area contributed by atoms with Gasteiger partial charge in [0.05, 0.1) is 0 Å². The first kappa shape index (κ1) is 15.2. The molecule has 3 aromatic carbocycles. The van der Waals surface area contributed by atoms with Gasteiger partial charge in [0.15, 0.2) is 5.75 Å². The summed E-state index contributed by atoms with van der Waals surface area (Å²) in [4.78, 5) is 4.86. The number of hydrogen-bond donors (Lipinski definition) is 0. The summed E-state index contributed by atoms with van der Waals surface area (Å²) < 4.78 is 6.41. The molecule has 6 rings (SSSR count). The number of ether oxygens (including phenoxy) is 1. The van der Waals surface area contributed by atoms with Crippen LogP contribution in [0.3, 0.4) is 0 Å². The van der Waals surface area contributed by atoms with Crippen molar-refractivity contribution < 1.29 is 4.74 Å². The summed E-state index contributed by atoms with van der Waals surface area (Å²) in [5.41, 5.74) is 4.85. The quantitative estimate of drug-likeness (QED) is 0.320. The summed E-state index contributed by atoms with van der Waals surface area (Å²) in [6.07, 6.45) is 7.37. The normalized spacial score (nSPS) is 15.9. The van der Waals surface area contributed by atoms with Gasteiger partial charge in [-0.1, -0.05) is 43.2 Å². The molecule has 0 bridgehead atoms. The van der Waals surface area contributed by atoms with E-state index in [1.54, 1.807) is 0 Å². The highest BCUT2D eigenvalue weighted by Gasteiger charge is 2.24. The number of pyridine rings is 1. The molecule has 4 aromatic rings. The van der Waals surface area contributed by atoms with Crippen LogP contribution in [0.15, 0.2) is 54.7 Å². The Labute approximate surface area is 158 Å². The summed E-state index contributed by atoms with van der Waals surface area (Å²) >= 11 is 0. The van der Waals surface area contributed by atoms with Crippen molar-refractivity contribution in [1.29, 1.82) is 0 Å². The van der Waals surface area contributed by atoms with Crippen molar-refractivity contribution in [3.05, 3.63) is 65.9 Å². The van der Waals surface area contributed by atoms with E-state index in [1.807, 2.05) is 6.20 Å². The standard InChI is InChI=1S/C25H21NO/c1-15-11-18-7-4-8-22-23(18)21(12-15)24-25(27-22)20-10-9-17(13-19(20)14-26-24)16-5-2-3-6-16/h4,7-14,16H,2-3,5-6H2,1H3. The largest absolute Gasteiger partial charge is 0.454 e. The van der Waals surface area contributed by atoms with Crippen LogP contribution in [0, 0.1) is 6.92 Å². The molecular weight excluding hydrogens is 330 g/mol. The Kier molecular flexibility index (Phi) is 3.13. The second kappa shape index (κ2) is 5.56. The topological polar surface area (TPSA) is 22.1 Å². The number of hydrogen-bond acceptors (Lipinski definition) is 2. The SMILES string of the molecule is Cc1cc2c3c(cccc3c1)Oc1c-2ncc2cc(C3CCCC3)ccc12. The monoisotopic (exact) mass is 351 g/mol. The lowest BCUT2D eigenvalue weighted by atomic mass is 9.92. The van der Waals surface area contributed by atoms with Crippen LogP contribution in [0.25, 0.3) is 32.8 Å². The summed E-state index contributed by atoms with van der Waals surface area (Å²) in [6.45, 7) is 2.15. The molecule has 1 aliphatic carbocycles. The first-order valence-electron chi connectivity index (χ1n) is 9.92. The molecule has 0 radical (unpaired) electrons. The molecule has 0 unspecified atom stereocenters. The van der Waals surface area contributed by atoms with Crippen LogP contribution in [0.4, 0.5) is 0 Å². The summed E-state index contributed by atoms with van der Waals surface area (Å²) in [6, 6.07) is 17.6.